The van der Waals surface area contributed by atoms with Gasteiger partial charge in [-0.15, -0.1) is 0 Å². The Morgan fingerprint density at radius 2 is 2.00 bits per heavy atom. The number of benzene rings is 1. The molecule has 6 nitrogen and oxygen atoms in total. The Morgan fingerprint density at radius 1 is 1.40 bits per heavy atom. The smallest absolute Gasteiger partial charge is 0.382 e. The second-order valence-electron chi connectivity index (χ2n) is 3.80. The molecule has 1 amide bonds. The first-order valence-electron chi connectivity index (χ1n) is 5.18. The van der Waals surface area contributed by atoms with E-state index in [1.54, 1.807) is 4.72 Å². The molecule has 0 saturated carbocycles. The molecular formula is C10H11F3N2O4S. The van der Waals surface area contributed by atoms with Gasteiger partial charge in [0.25, 0.3) is 0 Å². The highest BCUT2D eigenvalue weighted by atomic mass is 32.2. The SMILES string of the molecule is NC(=O)c1cccc(S(=O)(=O)NCC(O)C(F)(F)F)c1. The monoisotopic (exact) mass is 312 g/mol. The number of carbonyl (C=O) groups excluding carboxylic acids is 1. The van der Waals surface area contributed by atoms with Gasteiger partial charge in [-0.05, 0) is 18.2 Å². The van der Waals surface area contributed by atoms with Crippen LogP contribution < -0.4 is 10.5 Å². The van der Waals surface area contributed by atoms with Gasteiger partial charge < -0.3 is 10.8 Å². The second kappa shape index (κ2) is 5.77. The Morgan fingerprint density at radius 3 is 2.50 bits per heavy atom. The summed E-state index contributed by atoms with van der Waals surface area (Å²) in [4.78, 5) is 10.5. The molecule has 0 aliphatic carbocycles. The fourth-order valence-corrected chi connectivity index (χ4v) is 2.29. The van der Waals surface area contributed by atoms with Crippen molar-refractivity contribution in [2.24, 2.45) is 5.73 Å². The number of sulfonamides is 1. The molecule has 112 valence electrons. The molecule has 1 rings (SSSR count). The molecule has 1 aromatic rings. The van der Waals surface area contributed by atoms with E-state index in [-0.39, 0.29) is 5.56 Å². The second-order valence-corrected chi connectivity index (χ2v) is 5.57. The van der Waals surface area contributed by atoms with Crippen molar-refractivity contribution in [2.75, 3.05) is 6.54 Å². The number of halogens is 3. The standard InChI is InChI=1S/C10H11F3N2O4S/c11-10(12,13)8(16)5-15-20(18,19)7-3-1-2-6(4-7)9(14)17/h1-4,8,15-16H,5H2,(H2,14,17). The van der Waals surface area contributed by atoms with Crippen LogP contribution in [0.25, 0.3) is 0 Å². The Balaban J connectivity index is 2.90. The van der Waals surface area contributed by atoms with Gasteiger partial charge in [-0.25, -0.2) is 13.1 Å². The van der Waals surface area contributed by atoms with Gasteiger partial charge in [-0.2, -0.15) is 13.2 Å². The molecule has 20 heavy (non-hydrogen) atoms. The maximum Gasteiger partial charge on any atom is 0.415 e. The van der Waals surface area contributed by atoms with E-state index in [4.69, 9.17) is 10.8 Å². The molecule has 0 aliphatic heterocycles. The molecule has 0 fully saturated rings. The number of hydrogen-bond donors (Lipinski definition) is 3. The molecule has 0 spiro atoms. The predicted octanol–water partition coefficient (Wildman–Crippen LogP) is -0.0130. The van der Waals surface area contributed by atoms with Crippen LogP contribution >= 0.6 is 0 Å². The molecular weight excluding hydrogens is 301 g/mol. The summed E-state index contributed by atoms with van der Waals surface area (Å²) < 4.78 is 61.1. The summed E-state index contributed by atoms with van der Waals surface area (Å²) in [5.41, 5.74) is 4.86. The van der Waals surface area contributed by atoms with Crippen molar-refractivity contribution in [3.05, 3.63) is 29.8 Å². The molecule has 4 N–H and O–H groups in total. The van der Waals surface area contributed by atoms with Gasteiger partial charge in [-0.3, -0.25) is 4.79 Å². The van der Waals surface area contributed by atoms with Crippen molar-refractivity contribution in [1.82, 2.24) is 4.72 Å². The fourth-order valence-electron chi connectivity index (χ4n) is 1.20. The zero-order valence-corrected chi connectivity index (χ0v) is 10.7. The third-order valence-electron chi connectivity index (χ3n) is 2.27. The van der Waals surface area contributed by atoms with E-state index in [9.17, 15) is 26.4 Å². The van der Waals surface area contributed by atoms with E-state index in [1.807, 2.05) is 0 Å². The lowest BCUT2D eigenvalue weighted by Gasteiger charge is -2.15. The number of nitrogens with two attached hydrogens (primary N) is 1. The lowest BCUT2D eigenvalue weighted by Crippen LogP contribution is -2.40. The van der Waals surface area contributed by atoms with Crippen molar-refractivity contribution in [3.63, 3.8) is 0 Å². The molecule has 1 aromatic carbocycles. The van der Waals surface area contributed by atoms with Crippen LogP contribution in [0.15, 0.2) is 29.2 Å². The third-order valence-corrected chi connectivity index (χ3v) is 3.69. The minimum Gasteiger partial charge on any atom is -0.382 e. The summed E-state index contributed by atoms with van der Waals surface area (Å²) in [7, 11) is -4.29. The zero-order chi connectivity index (χ0) is 15.6. The summed E-state index contributed by atoms with van der Waals surface area (Å²) in [5, 5.41) is 8.71. The fraction of sp³-hybridized carbons (Fsp3) is 0.300. The van der Waals surface area contributed by atoms with E-state index in [1.165, 1.54) is 12.1 Å². The first kappa shape index (κ1) is 16.4. The van der Waals surface area contributed by atoms with Crippen molar-refractivity contribution >= 4 is 15.9 Å². The highest BCUT2D eigenvalue weighted by Crippen LogP contribution is 2.20. The molecule has 1 unspecified atom stereocenters. The van der Waals surface area contributed by atoms with Crippen LogP contribution in [-0.2, 0) is 10.0 Å². The predicted molar refractivity (Wildman–Crippen MR) is 62.2 cm³/mol. The Bertz CT molecular complexity index is 601. The van der Waals surface area contributed by atoms with Crippen LogP contribution in [0.5, 0.6) is 0 Å². The lowest BCUT2D eigenvalue weighted by atomic mass is 10.2. The molecule has 0 radical (unpaired) electrons. The van der Waals surface area contributed by atoms with E-state index in [0.717, 1.165) is 12.1 Å². The summed E-state index contributed by atoms with van der Waals surface area (Å²) in [5.74, 6) is -0.877. The van der Waals surface area contributed by atoms with Crippen LogP contribution in [0, 0.1) is 0 Å². The van der Waals surface area contributed by atoms with Gasteiger partial charge in [0.2, 0.25) is 15.9 Å². The van der Waals surface area contributed by atoms with E-state index in [2.05, 4.69) is 0 Å². The number of carbonyl (C=O) groups is 1. The minimum atomic E-state index is -4.93. The van der Waals surface area contributed by atoms with Crippen LogP contribution in [0.4, 0.5) is 13.2 Å². The summed E-state index contributed by atoms with van der Waals surface area (Å²) in [6, 6.07) is 4.47. The summed E-state index contributed by atoms with van der Waals surface area (Å²) >= 11 is 0. The zero-order valence-electron chi connectivity index (χ0n) is 9.89. The van der Waals surface area contributed by atoms with Gasteiger partial charge in [0, 0.05) is 12.1 Å². The number of primary amides is 1. The van der Waals surface area contributed by atoms with Gasteiger partial charge >= 0.3 is 6.18 Å². The van der Waals surface area contributed by atoms with Gasteiger partial charge in [0.15, 0.2) is 6.10 Å². The lowest BCUT2D eigenvalue weighted by molar-refractivity contribution is -0.200. The highest BCUT2D eigenvalue weighted by Gasteiger charge is 2.38. The van der Waals surface area contributed by atoms with Crippen molar-refractivity contribution in [2.45, 2.75) is 17.2 Å². The average Bonchev–Trinajstić information content (AvgIpc) is 2.35. The summed E-state index contributed by atoms with van der Waals surface area (Å²) in [6.07, 6.45) is -7.76. The summed E-state index contributed by atoms with van der Waals surface area (Å²) in [6.45, 7) is -1.23. The molecule has 0 heterocycles. The number of rotatable bonds is 5. The highest BCUT2D eigenvalue weighted by molar-refractivity contribution is 7.89. The first-order chi connectivity index (χ1) is 9.04. The number of aliphatic hydroxyl groups is 1. The Kier molecular flexibility index (Phi) is 4.73. The number of alkyl halides is 3. The first-order valence-corrected chi connectivity index (χ1v) is 6.66. The van der Waals surface area contributed by atoms with Gasteiger partial charge in [0.1, 0.15) is 0 Å². The normalized spacial score (nSPS) is 14.0. The number of amides is 1. The topological polar surface area (TPSA) is 109 Å². The quantitative estimate of drug-likeness (QED) is 0.710. The Hall–Kier alpha value is -1.65. The van der Waals surface area contributed by atoms with Crippen LogP contribution in [0.3, 0.4) is 0 Å². The van der Waals surface area contributed by atoms with Crippen LogP contribution in [0.1, 0.15) is 10.4 Å². The van der Waals surface area contributed by atoms with E-state index >= 15 is 0 Å². The van der Waals surface area contributed by atoms with Crippen molar-refractivity contribution in [1.29, 1.82) is 0 Å². The van der Waals surface area contributed by atoms with E-state index < -0.39 is 39.7 Å². The molecule has 1 atom stereocenters. The number of hydrogen-bond acceptors (Lipinski definition) is 4. The maximum atomic E-state index is 12.1. The Labute approximate surface area is 112 Å². The van der Waals surface area contributed by atoms with Crippen molar-refractivity contribution < 1.29 is 31.5 Å². The van der Waals surface area contributed by atoms with Crippen LogP contribution in [-0.4, -0.2) is 38.3 Å². The average molecular weight is 312 g/mol. The largest absolute Gasteiger partial charge is 0.415 e. The number of nitrogens with one attached hydrogen (secondary N) is 1. The van der Waals surface area contributed by atoms with Crippen molar-refractivity contribution in [3.8, 4) is 0 Å². The molecule has 0 aliphatic rings. The maximum absolute atomic E-state index is 12.1. The number of aliphatic hydroxyl groups excluding tert-OH is 1. The van der Waals surface area contributed by atoms with E-state index in [0.29, 0.717) is 0 Å². The van der Waals surface area contributed by atoms with Crippen LogP contribution in [0.2, 0.25) is 0 Å². The minimum absolute atomic E-state index is 0.107. The van der Waals surface area contributed by atoms with Gasteiger partial charge in [-0.1, -0.05) is 6.07 Å². The van der Waals surface area contributed by atoms with Gasteiger partial charge in [0.05, 0.1) is 4.90 Å². The molecule has 10 heteroatoms. The third kappa shape index (κ3) is 4.18. The molecule has 0 aromatic heterocycles. The molecule has 0 saturated heterocycles. The molecule has 0 bridgehead atoms.